The van der Waals surface area contributed by atoms with E-state index in [-0.39, 0.29) is 12.0 Å². The Morgan fingerprint density at radius 1 is 1.18 bits per heavy atom. The lowest BCUT2D eigenvalue weighted by Gasteiger charge is -2.31. The van der Waals surface area contributed by atoms with Crippen LogP contribution in [0.3, 0.4) is 0 Å². The Balaban J connectivity index is 1.44. The largest absolute Gasteiger partial charge is 0.368 e. The smallest absolute Gasteiger partial charge is 0.267 e. The zero-order valence-corrected chi connectivity index (χ0v) is 16.6. The van der Waals surface area contributed by atoms with Crippen molar-refractivity contribution in [3.05, 3.63) is 81.8 Å². The number of nitrogens with one attached hydrogen (secondary N) is 1. The van der Waals surface area contributed by atoms with Gasteiger partial charge in [0.2, 0.25) is 0 Å². The van der Waals surface area contributed by atoms with Crippen LogP contribution in [0.15, 0.2) is 60.7 Å². The summed E-state index contributed by atoms with van der Waals surface area (Å²) in [6.45, 7) is 5.12. The molecule has 0 saturated carbocycles. The summed E-state index contributed by atoms with van der Waals surface area (Å²) in [5.41, 5.74) is 2.82. The van der Waals surface area contributed by atoms with Gasteiger partial charge in [-0.3, -0.25) is 9.69 Å². The van der Waals surface area contributed by atoms with E-state index in [4.69, 9.17) is 4.74 Å². The maximum Gasteiger partial charge on any atom is 0.267 e. The second-order valence-electron chi connectivity index (χ2n) is 6.87. The molecule has 2 aromatic carbocycles. The van der Waals surface area contributed by atoms with Gasteiger partial charge in [-0.2, -0.15) is 0 Å². The number of hydrogen-bond donors (Lipinski definition) is 1. The van der Waals surface area contributed by atoms with Gasteiger partial charge >= 0.3 is 0 Å². The van der Waals surface area contributed by atoms with Gasteiger partial charge in [-0.25, -0.2) is 4.98 Å². The lowest BCUT2D eigenvalue weighted by atomic mass is 10.2. The van der Waals surface area contributed by atoms with Gasteiger partial charge < -0.3 is 10.1 Å². The fourth-order valence-corrected chi connectivity index (χ4v) is 4.32. The van der Waals surface area contributed by atoms with Gasteiger partial charge in [-0.15, -0.1) is 11.3 Å². The molecule has 1 aromatic heterocycles. The average Bonchev–Trinajstić information content (AvgIpc) is 3.12. The number of carbonyl (C=O) groups excluding carboxylic acids is 1. The number of morpholine rings is 1. The molecule has 1 aliphatic rings. The number of carbonyl (C=O) groups is 1. The summed E-state index contributed by atoms with van der Waals surface area (Å²) >= 11 is 1.43. The lowest BCUT2D eigenvalue weighted by Crippen LogP contribution is -2.37. The maximum absolute atomic E-state index is 12.6. The first-order valence-electron chi connectivity index (χ1n) is 9.40. The van der Waals surface area contributed by atoms with Crippen molar-refractivity contribution in [3.63, 3.8) is 0 Å². The number of para-hydroxylation sites is 1. The van der Waals surface area contributed by atoms with Crippen LogP contribution >= 0.6 is 11.3 Å². The molecule has 6 heteroatoms. The van der Waals surface area contributed by atoms with E-state index in [2.05, 4.69) is 39.5 Å². The van der Waals surface area contributed by atoms with Crippen molar-refractivity contribution in [1.82, 2.24) is 9.88 Å². The predicted octanol–water partition coefficient (Wildman–Crippen LogP) is 4.28. The van der Waals surface area contributed by atoms with E-state index >= 15 is 0 Å². The first-order chi connectivity index (χ1) is 13.7. The predicted molar refractivity (Wildman–Crippen MR) is 112 cm³/mol. The van der Waals surface area contributed by atoms with Crippen molar-refractivity contribution < 1.29 is 9.53 Å². The number of aryl methyl sites for hydroxylation is 1. The minimum atomic E-state index is -0.121. The Hall–Kier alpha value is -2.54. The van der Waals surface area contributed by atoms with Crippen LogP contribution in [0, 0.1) is 6.92 Å². The summed E-state index contributed by atoms with van der Waals surface area (Å²) in [4.78, 5) is 20.3. The highest BCUT2D eigenvalue weighted by molar-refractivity contribution is 7.14. The first kappa shape index (κ1) is 18.8. The summed E-state index contributed by atoms with van der Waals surface area (Å²) in [6.07, 6.45) is -0.0977. The highest BCUT2D eigenvalue weighted by atomic mass is 32.1. The van der Waals surface area contributed by atoms with Gasteiger partial charge in [-0.1, -0.05) is 48.5 Å². The van der Waals surface area contributed by atoms with E-state index in [9.17, 15) is 4.79 Å². The molecule has 1 unspecified atom stereocenters. The molecule has 0 radical (unpaired) electrons. The van der Waals surface area contributed by atoms with E-state index in [0.717, 1.165) is 36.0 Å². The van der Waals surface area contributed by atoms with Crippen LogP contribution in [0.2, 0.25) is 0 Å². The molecule has 1 saturated heterocycles. The number of benzene rings is 2. The zero-order chi connectivity index (χ0) is 19.3. The molecular formula is C22H23N3O2S. The molecule has 0 aliphatic carbocycles. The van der Waals surface area contributed by atoms with Crippen LogP contribution in [0.1, 0.15) is 32.0 Å². The fourth-order valence-electron chi connectivity index (χ4n) is 3.31. The first-order valence-corrected chi connectivity index (χ1v) is 10.2. The minimum Gasteiger partial charge on any atom is -0.368 e. The van der Waals surface area contributed by atoms with Gasteiger partial charge in [0.15, 0.2) is 0 Å². The highest BCUT2D eigenvalue weighted by Gasteiger charge is 2.27. The number of aromatic nitrogens is 1. The number of ether oxygens (including phenoxy) is 1. The molecule has 2 heterocycles. The number of anilines is 1. The van der Waals surface area contributed by atoms with Gasteiger partial charge in [0.25, 0.3) is 5.91 Å². The van der Waals surface area contributed by atoms with Crippen molar-refractivity contribution in [2.24, 2.45) is 0 Å². The molecule has 0 spiro atoms. The molecule has 1 atom stereocenters. The molecule has 28 heavy (non-hydrogen) atoms. The number of amides is 1. The SMILES string of the molecule is Cc1nc(C2CN(Cc3ccccc3)CCO2)sc1C(=O)Nc1ccccc1. The van der Waals surface area contributed by atoms with Gasteiger partial charge in [0.1, 0.15) is 16.0 Å². The average molecular weight is 394 g/mol. The number of nitrogens with zero attached hydrogens (tertiary/aromatic N) is 2. The molecule has 1 amide bonds. The van der Waals surface area contributed by atoms with Crippen molar-refractivity contribution in [2.75, 3.05) is 25.0 Å². The van der Waals surface area contributed by atoms with Crippen molar-refractivity contribution in [2.45, 2.75) is 19.6 Å². The van der Waals surface area contributed by atoms with Crippen LogP contribution in [0.4, 0.5) is 5.69 Å². The highest BCUT2D eigenvalue weighted by Crippen LogP contribution is 2.29. The molecule has 1 fully saturated rings. The number of rotatable bonds is 5. The molecule has 4 rings (SSSR count). The molecule has 1 N–H and O–H groups in total. The Morgan fingerprint density at radius 3 is 2.64 bits per heavy atom. The van der Waals surface area contributed by atoms with E-state index in [1.807, 2.05) is 43.3 Å². The zero-order valence-electron chi connectivity index (χ0n) is 15.8. The second kappa shape index (κ2) is 8.65. The quantitative estimate of drug-likeness (QED) is 0.703. The summed E-state index contributed by atoms with van der Waals surface area (Å²) in [5.74, 6) is -0.121. The summed E-state index contributed by atoms with van der Waals surface area (Å²) in [6, 6.07) is 19.9. The summed E-state index contributed by atoms with van der Waals surface area (Å²) in [5, 5.41) is 3.81. The van der Waals surface area contributed by atoms with Crippen LogP contribution in [-0.4, -0.2) is 35.5 Å². The van der Waals surface area contributed by atoms with Crippen molar-refractivity contribution >= 4 is 22.9 Å². The fraction of sp³-hybridized carbons (Fsp3) is 0.273. The van der Waals surface area contributed by atoms with Crippen LogP contribution in [0.25, 0.3) is 0 Å². The monoisotopic (exact) mass is 393 g/mol. The lowest BCUT2D eigenvalue weighted by molar-refractivity contribution is -0.0330. The molecule has 144 valence electrons. The van der Waals surface area contributed by atoms with Crippen LogP contribution in [0.5, 0.6) is 0 Å². The van der Waals surface area contributed by atoms with Gasteiger partial charge in [0, 0.05) is 25.3 Å². The van der Waals surface area contributed by atoms with Crippen molar-refractivity contribution in [1.29, 1.82) is 0 Å². The second-order valence-corrected chi connectivity index (χ2v) is 7.90. The number of thiazole rings is 1. The van der Waals surface area contributed by atoms with E-state index in [1.165, 1.54) is 16.9 Å². The third-order valence-corrected chi connectivity index (χ3v) is 5.97. The third kappa shape index (κ3) is 4.47. The van der Waals surface area contributed by atoms with Crippen molar-refractivity contribution in [3.8, 4) is 0 Å². The Bertz CT molecular complexity index is 927. The Morgan fingerprint density at radius 2 is 1.89 bits per heavy atom. The normalized spacial score (nSPS) is 17.4. The summed E-state index contributed by atoms with van der Waals surface area (Å²) < 4.78 is 5.97. The third-order valence-electron chi connectivity index (χ3n) is 4.73. The molecule has 0 bridgehead atoms. The molecule has 3 aromatic rings. The van der Waals surface area contributed by atoms with Gasteiger partial charge in [0.05, 0.1) is 12.3 Å². The minimum absolute atomic E-state index is 0.0977. The Labute approximate surface area is 169 Å². The standard InChI is InChI=1S/C22H23N3O2S/c1-16-20(21(26)24-18-10-6-3-7-11-18)28-22(23-16)19-15-25(12-13-27-19)14-17-8-4-2-5-9-17/h2-11,19H,12-15H2,1H3,(H,24,26). The number of hydrogen-bond acceptors (Lipinski definition) is 5. The maximum atomic E-state index is 12.6. The molecular weight excluding hydrogens is 370 g/mol. The topological polar surface area (TPSA) is 54.5 Å². The van der Waals surface area contributed by atoms with E-state index in [0.29, 0.717) is 11.5 Å². The van der Waals surface area contributed by atoms with E-state index < -0.39 is 0 Å². The van der Waals surface area contributed by atoms with Crippen LogP contribution in [-0.2, 0) is 11.3 Å². The van der Waals surface area contributed by atoms with Crippen LogP contribution < -0.4 is 5.32 Å². The van der Waals surface area contributed by atoms with Gasteiger partial charge in [-0.05, 0) is 24.6 Å². The Kier molecular flexibility index (Phi) is 5.81. The summed E-state index contributed by atoms with van der Waals surface area (Å²) in [7, 11) is 0. The molecule has 5 nitrogen and oxygen atoms in total. The van der Waals surface area contributed by atoms with E-state index in [1.54, 1.807) is 0 Å². The molecule has 1 aliphatic heterocycles.